The third-order valence-corrected chi connectivity index (χ3v) is 4.67. The lowest BCUT2D eigenvalue weighted by Crippen LogP contribution is -2.16. The molecular formula is C13H18N4O2S. The molecule has 1 aromatic carbocycles. The lowest BCUT2D eigenvalue weighted by Gasteiger charge is -2.13. The van der Waals surface area contributed by atoms with Gasteiger partial charge < -0.3 is 5.73 Å². The van der Waals surface area contributed by atoms with Gasteiger partial charge in [0.05, 0.1) is 17.6 Å². The van der Waals surface area contributed by atoms with Gasteiger partial charge in [-0.05, 0) is 31.9 Å². The van der Waals surface area contributed by atoms with E-state index in [2.05, 4.69) is 9.82 Å². The molecule has 2 rings (SSSR count). The number of nitrogens with zero attached hydrogens (tertiary/aromatic N) is 2. The van der Waals surface area contributed by atoms with E-state index in [4.69, 9.17) is 5.73 Å². The summed E-state index contributed by atoms with van der Waals surface area (Å²) >= 11 is 0. The molecule has 0 bridgehead atoms. The quantitative estimate of drug-likeness (QED) is 0.843. The normalized spacial score (nSPS) is 11.6. The molecule has 108 valence electrons. The van der Waals surface area contributed by atoms with Crippen LogP contribution in [-0.4, -0.2) is 18.2 Å². The molecule has 0 radical (unpaired) electrons. The van der Waals surface area contributed by atoms with Gasteiger partial charge in [0, 0.05) is 12.7 Å². The molecule has 6 nitrogen and oxygen atoms in total. The molecule has 0 spiro atoms. The first-order valence-electron chi connectivity index (χ1n) is 6.26. The molecule has 0 unspecified atom stereocenters. The Morgan fingerprint density at radius 3 is 2.55 bits per heavy atom. The molecule has 0 fully saturated rings. The van der Waals surface area contributed by atoms with E-state index >= 15 is 0 Å². The van der Waals surface area contributed by atoms with Crippen LogP contribution in [0.2, 0.25) is 0 Å². The van der Waals surface area contributed by atoms with Crippen LogP contribution in [0.25, 0.3) is 0 Å². The second kappa shape index (κ2) is 5.16. The lowest BCUT2D eigenvalue weighted by atomic mass is 10.1. The fourth-order valence-electron chi connectivity index (χ4n) is 1.96. The Labute approximate surface area is 118 Å². The SMILES string of the molecule is CCn1cc(NS(=O)(=O)c2c(C)ccc(C)c2N)cn1. The van der Waals surface area contributed by atoms with Gasteiger partial charge in [-0.2, -0.15) is 5.10 Å². The van der Waals surface area contributed by atoms with Crippen LogP contribution >= 0.6 is 0 Å². The molecular weight excluding hydrogens is 276 g/mol. The Bertz CT molecular complexity index is 735. The van der Waals surface area contributed by atoms with Crippen LogP contribution in [-0.2, 0) is 16.6 Å². The van der Waals surface area contributed by atoms with Gasteiger partial charge in [-0.1, -0.05) is 12.1 Å². The van der Waals surface area contributed by atoms with Gasteiger partial charge in [0.2, 0.25) is 0 Å². The summed E-state index contributed by atoms with van der Waals surface area (Å²) < 4.78 is 29.1. The van der Waals surface area contributed by atoms with Crippen molar-refractivity contribution in [2.75, 3.05) is 10.5 Å². The van der Waals surface area contributed by atoms with Crippen LogP contribution in [0, 0.1) is 13.8 Å². The Kier molecular flexibility index (Phi) is 3.71. The van der Waals surface area contributed by atoms with Gasteiger partial charge in [-0.3, -0.25) is 9.40 Å². The molecule has 0 saturated carbocycles. The van der Waals surface area contributed by atoms with E-state index < -0.39 is 10.0 Å². The highest BCUT2D eigenvalue weighted by atomic mass is 32.2. The molecule has 0 aliphatic rings. The minimum atomic E-state index is -3.72. The molecule has 2 aromatic rings. The van der Waals surface area contributed by atoms with E-state index in [9.17, 15) is 8.42 Å². The predicted octanol–water partition coefficient (Wildman–Crippen LogP) is 1.90. The van der Waals surface area contributed by atoms with E-state index in [1.54, 1.807) is 36.9 Å². The average Bonchev–Trinajstić information content (AvgIpc) is 2.81. The predicted molar refractivity (Wildman–Crippen MR) is 79.0 cm³/mol. The average molecular weight is 294 g/mol. The maximum absolute atomic E-state index is 12.5. The molecule has 1 heterocycles. The number of sulfonamides is 1. The third-order valence-electron chi connectivity index (χ3n) is 3.09. The number of nitrogens with two attached hydrogens (primary N) is 1. The van der Waals surface area contributed by atoms with E-state index in [1.807, 2.05) is 6.92 Å². The molecule has 7 heteroatoms. The van der Waals surface area contributed by atoms with Gasteiger partial charge in [0.15, 0.2) is 0 Å². The van der Waals surface area contributed by atoms with Crippen molar-refractivity contribution in [1.29, 1.82) is 0 Å². The first-order valence-corrected chi connectivity index (χ1v) is 7.74. The molecule has 0 aliphatic carbocycles. The number of hydrogen-bond acceptors (Lipinski definition) is 4. The molecule has 20 heavy (non-hydrogen) atoms. The fraction of sp³-hybridized carbons (Fsp3) is 0.308. The highest BCUT2D eigenvalue weighted by Gasteiger charge is 2.21. The highest BCUT2D eigenvalue weighted by Crippen LogP contribution is 2.27. The first-order chi connectivity index (χ1) is 9.35. The van der Waals surface area contributed by atoms with Gasteiger partial charge in [-0.15, -0.1) is 0 Å². The molecule has 0 atom stereocenters. The van der Waals surface area contributed by atoms with Crippen molar-refractivity contribution < 1.29 is 8.42 Å². The standard InChI is InChI=1S/C13H18N4O2S/c1-4-17-8-11(7-15-17)16-20(18,19)13-10(3)6-5-9(2)12(13)14/h5-8,16H,4,14H2,1-3H3. The zero-order valence-corrected chi connectivity index (χ0v) is 12.5. The van der Waals surface area contributed by atoms with E-state index in [1.165, 1.54) is 6.20 Å². The number of hydrogen-bond donors (Lipinski definition) is 2. The highest BCUT2D eigenvalue weighted by molar-refractivity contribution is 7.93. The van der Waals surface area contributed by atoms with Crippen molar-refractivity contribution in [1.82, 2.24) is 9.78 Å². The topological polar surface area (TPSA) is 90.0 Å². The number of anilines is 2. The van der Waals surface area contributed by atoms with Gasteiger partial charge >= 0.3 is 0 Å². The summed E-state index contributed by atoms with van der Waals surface area (Å²) in [6.45, 7) is 6.10. The number of benzene rings is 1. The van der Waals surface area contributed by atoms with Crippen molar-refractivity contribution in [2.45, 2.75) is 32.2 Å². The van der Waals surface area contributed by atoms with Gasteiger partial charge in [0.1, 0.15) is 4.90 Å². The zero-order chi connectivity index (χ0) is 14.9. The summed E-state index contributed by atoms with van der Waals surface area (Å²) in [6, 6.07) is 3.55. The monoisotopic (exact) mass is 294 g/mol. The van der Waals surface area contributed by atoms with E-state index in [0.29, 0.717) is 17.8 Å². The van der Waals surface area contributed by atoms with Crippen molar-refractivity contribution in [2.24, 2.45) is 0 Å². The largest absolute Gasteiger partial charge is 0.397 e. The molecule has 0 saturated heterocycles. The number of nitrogens with one attached hydrogen (secondary N) is 1. The Hall–Kier alpha value is -2.02. The number of rotatable bonds is 4. The smallest absolute Gasteiger partial charge is 0.264 e. The zero-order valence-electron chi connectivity index (χ0n) is 11.7. The number of nitrogen functional groups attached to an aromatic ring is 1. The third kappa shape index (κ3) is 2.62. The van der Waals surface area contributed by atoms with Crippen molar-refractivity contribution >= 4 is 21.4 Å². The van der Waals surface area contributed by atoms with Crippen molar-refractivity contribution in [3.8, 4) is 0 Å². The van der Waals surface area contributed by atoms with E-state index in [-0.39, 0.29) is 10.6 Å². The summed E-state index contributed by atoms with van der Waals surface area (Å²) in [4.78, 5) is 0.127. The number of aromatic nitrogens is 2. The Morgan fingerprint density at radius 1 is 1.30 bits per heavy atom. The minimum absolute atomic E-state index is 0.127. The lowest BCUT2D eigenvalue weighted by molar-refractivity contribution is 0.601. The van der Waals surface area contributed by atoms with Crippen molar-refractivity contribution in [3.63, 3.8) is 0 Å². The maximum Gasteiger partial charge on any atom is 0.264 e. The van der Waals surface area contributed by atoms with Crippen LogP contribution in [0.15, 0.2) is 29.4 Å². The van der Waals surface area contributed by atoms with Crippen LogP contribution in [0.1, 0.15) is 18.1 Å². The molecule has 0 aliphatic heterocycles. The van der Waals surface area contributed by atoms with Gasteiger partial charge in [-0.25, -0.2) is 8.42 Å². The van der Waals surface area contributed by atoms with Crippen LogP contribution in [0.5, 0.6) is 0 Å². The van der Waals surface area contributed by atoms with Gasteiger partial charge in [0.25, 0.3) is 10.0 Å². The maximum atomic E-state index is 12.5. The molecule has 3 N–H and O–H groups in total. The number of aryl methyl sites for hydroxylation is 3. The molecule has 0 amide bonds. The minimum Gasteiger partial charge on any atom is -0.397 e. The fourth-order valence-corrected chi connectivity index (χ4v) is 3.42. The first kappa shape index (κ1) is 14.4. The second-order valence-electron chi connectivity index (χ2n) is 4.63. The summed E-state index contributed by atoms with van der Waals surface area (Å²) in [6.07, 6.45) is 3.11. The van der Waals surface area contributed by atoms with Crippen molar-refractivity contribution in [3.05, 3.63) is 35.7 Å². The summed E-state index contributed by atoms with van der Waals surface area (Å²) in [5, 5.41) is 4.03. The van der Waals surface area contributed by atoms with E-state index in [0.717, 1.165) is 5.56 Å². The Balaban J connectivity index is 2.43. The van der Waals surface area contributed by atoms with Crippen LogP contribution in [0.4, 0.5) is 11.4 Å². The summed E-state index contributed by atoms with van der Waals surface area (Å²) in [5.74, 6) is 0. The Morgan fingerprint density at radius 2 is 1.95 bits per heavy atom. The van der Waals surface area contributed by atoms with Crippen LogP contribution in [0.3, 0.4) is 0 Å². The second-order valence-corrected chi connectivity index (χ2v) is 6.25. The van der Waals surface area contributed by atoms with Crippen LogP contribution < -0.4 is 10.5 Å². The molecule has 1 aromatic heterocycles. The summed E-state index contributed by atoms with van der Waals surface area (Å²) in [5.41, 5.74) is 7.97. The summed E-state index contributed by atoms with van der Waals surface area (Å²) in [7, 11) is -3.72.